The highest BCUT2D eigenvalue weighted by Gasteiger charge is 2.04. The summed E-state index contributed by atoms with van der Waals surface area (Å²) in [6.45, 7) is 0. The van der Waals surface area contributed by atoms with E-state index in [2.05, 4.69) is 4.99 Å². The van der Waals surface area contributed by atoms with Crippen molar-refractivity contribution in [2.45, 2.75) is 6.42 Å². The molecule has 0 aromatic heterocycles. The third-order valence-corrected chi connectivity index (χ3v) is 2.59. The average Bonchev–Trinajstić information content (AvgIpc) is 2.37. The first kappa shape index (κ1) is 12.5. The largest absolute Gasteiger partial charge is 0.339 e. The van der Waals surface area contributed by atoms with Crippen LogP contribution in [0.3, 0.4) is 0 Å². The molecule has 1 aliphatic carbocycles. The molecule has 0 radical (unpaired) electrons. The fourth-order valence-corrected chi connectivity index (χ4v) is 1.79. The highest BCUT2D eigenvalue weighted by Crippen LogP contribution is 2.14. The summed E-state index contributed by atoms with van der Waals surface area (Å²) in [5.41, 5.74) is 2.92. The van der Waals surface area contributed by atoms with E-state index in [1.165, 1.54) is 0 Å². The molecule has 2 rings (SSSR count). The van der Waals surface area contributed by atoms with Crippen LogP contribution in [0.15, 0.2) is 65.2 Å². The number of rotatable bonds is 2. The standard InChI is InChI=1S/C15H12ClNO/c16-15(18)17-14-8-4-7-13(11-14)10-9-12-5-2-1-3-6-12/h1-10H,11H2/b10-9+,17-14-. The number of aliphatic imine (C=N–C) groups is 1. The lowest BCUT2D eigenvalue weighted by Crippen LogP contribution is -2.00. The van der Waals surface area contributed by atoms with Crippen molar-refractivity contribution in [3.05, 3.63) is 65.8 Å². The Kier molecular flexibility index (Phi) is 4.26. The van der Waals surface area contributed by atoms with E-state index in [9.17, 15) is 4.79 Å². The van der Waals surface area contributed by atoms with E-state index in [1.807, 2.05) is 54.6 Å². The van der Waals surface area contributed by atoms with Crippen LogP contribution in [-0.4, -0.2) is 11.1 Å². The van der Waals surface area contributed by atoms with Gasteiger partial charge in [0.2, 0.25) is 0 Å². The molecule has 0 aliphatic heterocycles. The van der Waals surface area contributed by atoms with E-state index in [1.54, 1.807) is 6.08 Å². The van der Waals surface area contributed by atoms with Gasteiger partial charge in [0.1, 0.15) is 0 Å². The van der Waals surface area contributed by atoms with Gasteiger partial charge in [-0.25, -0.2) is 4.99 Å². The molecule has 0 spiro atoms. The first-order valence-corrected chi connectivity index (χ1v) is 5.99. The number of allylic oxidation sites excluding steroid dienone is 5. The van der Waals surface area contributed by atoms with Crippen molar-refractivity contribution >= 4 is 28.8 Å². The van der Waals surface area contributed by atoms with Crippen molar-refractivity contribution < 1.29 is 4.79 Å². The zero-order chi connectivity index (χ0) is 12.8. The molecule has 0 unspecified atom stereocenters. The minimum absolute atomic E-state index is 0.623. The second-order valence-corrected chi connectivity index (χ2v) is 4.20. The van der Waals surface area contributed by atoms with Gasteiger partial charge in [-0.15, -0.1) is 0 Å². The number of nitrogens with zero attached hydrogens (tertiary/aromatic N) is 1. The van der Waals surface area contributed by atoms with Crippen molar-refractivity contribution in [3.63, 3.8) is 0 Å². The summed E-state index contributed by atoms with van der Waals surface area (Å²) < 4.78 is 0. The number of hydrogen-bond acceptors (Lipinski definition) is 1. The highest BCUT2D eigenvalue weighted by molar-refractivity contribution is 6.64. The summed E-state index contributed by atoms with van der Waals surface area (Å²) in [7, 11) is 0. The molecule has 90 valence electrons. The van der Waals surface area contributed by atoms with E-state index < -0.39 is 5.37 Å². The average molecular weight is 258 g/mol. The Morgan fingerprint density at radius 2 is 2.00 bits per heavy atom. The van der Waals surface area contributed by atoms with Crippen LogP contribution in [0.5, 0.6) is 0 Å². The number of hydrogen-bond donors (Lipinski definition) is 0. The maximum Gasteiger partial charge on any atom is 0.339 e. The SMILES string of the molecule is O=C(Cl)/N=C1/C=CC=C(/C=C/c2ccccc2)C1. The van der Waals surface area contributed by atoms with E-state index in [4.69, 9.17) is 11.6 Å². The minimum atomic E-state index is -0.678. The Hall–Kier alpha value is -1.93. The quantitative estimate of drug-likeness (QED) is 0.571. The van der Waals surface area contributed by atoms with Gasteiger partial charge in [0.05, 0.1) is 0 Å². The van der Waals surface area contributed by atoms with Crippen molar-refractivity contribution in [1.82, 2.24) is 0 Å². The normalized spacial score (nSPS) is 17.2. The summed E-state index contributed by atoms with van der Waals surface area (Å²) in [6.07, 6.45) is 10.3. The lowest BCUT2D eigenvalue weighted by Gasteiger charge is -2.06. The molecule has 1 amide bonds. The van der Waals surface area contributed by atoms with Crippen LogP contribution >= 0.6 is 11.6 Å². The molecule has 0 bridgehead atoms. The molecule has 1 aromatic carbocycles. The Balaban J connectivity index is 2.08. The highest BCUT2D eigenvalue weighted by atomic mass is 35.5. The molecule has 1 aromatic rings. The predicted molar refractivity (Wildman–Crippen MR) is 76.0 cm³/mol. The van der Waals surface area contributed by atoms with Crippen LogP contribution in [0.25, 0.3) is 6.08 Å². The monoisotopic (exact) mass is 257 g/mol. The van der Waals surface area contributed by atoms with E-state index in [0.717, 1.165) is 11.1 Å². The van der Waals surface area contributed by atoms with Crippen LogP contribution in [-0.2, 0) is 0 Å². The lowest BCUT2D eigenvalue weighted by atomic mass is 10.0. The van der Waals surface area contributed by atoms with E-state index >= 15 is 0 Å². The molecular formula is C15H12ClNO. The van der Waals surface area contributed by atoms with E-state index in [-0.39, 0.29) is 0 Å². The Morgan fingerprint density at radius 3 is 2.72 bits per heavy atom. The summed E-state index contributed by atoms with van der Waals surface area (Å²) in [6, 6.07) is 10.0. The van der Waals surface area contributed by atoms with Gasteiger partial charge < -0.3 is 0 Å². The molecule has 0 saturated heterocycles. The molecule has 18 heavy (non-hydrogen) atoms. The molecule has 0 saturated carbocycles. The second kappa shape index (κ2) is 6.12. The predicted octanol–water partition coefficient (Wildman–Crippen LogP) is 4.39. The zero-order valence-corrected chi connectivity index (χ0v) is 10.5. The Morgan fingerprint density at radius 1 is 1.22 bits per heavy atom. The third-order valence-electron chi connectivity index (χ3n) is 2.51. The maximum atomic E-state index is 10.7. The van der Waals surface area contributed by atoms with Gasteiger partial charge in [-0.2, -0.15) is 0 Å². The first-order valence-electron chi connectivity index (χ1n) is 5.61. The zero-order valence-electron chi connectivity index (χ0n) is 9.71. The molecule has 0 atom stereocenters. The molecule has 0 fully saturated rings. The van der Waals surface area contributed by atoms with Gasteiger partial charge in [-0.05, 0) is 28.8 Å². The molecule has 0 heterocycles. The van der Waals surface area contributed by atoms with Crippen LogP contribution in [0.2, 0.25) is 0 Å². The Labute approximate surface area is 111 Å². The number of amides is 1. The minimum Gasteiger partial charge on any atom is -0.253 e. The fourth-order valence-electron chi connectivity index (χ4n) is 1.68. The maximum absolute atomic E-state index is 10.7. The molecular weight excluding hydrogens is 246 g/mol. The van der Waals surface area contributed by atoms with Crippen LogP contribution < -0.4 is 0 Å². The van der Waals surface area contributed by atoms with Gasteiger partial charge in [-0.3, -0.25) is 4.79 Å². The molecule has 1 aliphatic rings. The second-order valence-electron chi connectivity index (χ2n) is 3.88. The van der Waals surface area contributed by atoms with Crippen LogP contribution in [0, 0.1) is 0 Å². The third kappa shape index (κ3) is 3.82. The topological polar surface area (TPSA) is 29.4 Å². The van der Waals surface area contributed by atoms with Gasteiger partial charge in [-0.1, -0.05) is 54.6 Å². The number of benzene rings is 1. The fraction of sp³-hybridized carbons (Fsp3) is 0.0667. The van der Waals surface area contributed by atoms with Gasteiger partial charge in [0, 0.05) is 12.1 Å². The summed E-state index contributed by atoms with van der Waals surface area (Å²) in [5.74, 6) is 0. The Bertz CT molecular complexity index is 553. The number of halogens is 1. The summed E-state index contributed by atoms with van der Waals surface area (Å²) >= 11 is 5.23. The molecule has 0 N–H and O–H groups in total. The van der Waals surface area contributed by atoms with Crippen LogP contribution in [0.4, 0.5) is 4.79 Å². The van der Waals surface area contributed by atoms with Crippen molar-refractivity contribution in [3.8, 4) is 0 Å². The van der Waals surface area contributed by atoms with Crippen molar-refractivity contribution in [1.29, 1.82) is 0 Å². The van der Waals surface area contributed by atoms with Crippen LogP contribution in [0.1, 0.15) is 12.0 Å². The smallest absolute Gasteiger partial charge is 0.253 e. The van der Waals surface area contributed by atoms with Gasteiger partial charge in [0.15, 0.2) is 0 Å². The van der Waals surface area contributed by atoms with Crippen molar-refractivity contribution in [2.75, 3.05) is 0 Å². The van der Waals surface area contributed by atoms with Crippen molar-refractivity contribution in [2.24, 2.45) is 4.99 Å². The molecule has 2 nitrogen and oxygen atoms in total. The van der Waals surface area contributed by atoms with Gasteiger partial charge >= 0.3 is 5.37 Å². The number of carbonyl (C=O) groups excluding carboxylic acids is 1. The molecule has 3 heteroatoms. The van der Waals surface area contributed by atoms with Gasteiger partial charge in [0.25, 0.3) is 0 Å². The summed E-state index contributed by atoms with van der Waals surface area (Å²) in [5, 5.41) is -0.678. The van der Waals surface area contributed by atoms with E-state index in [0.29, 0.717) is 12.1 Å². The lowest BCUT2D eigenvalue weighted by molar-refractivity contribution is 0.266. The number of carbonyl (C=O) groups is 1. The summed E-state index contributed by atoms with van der Waals surface area (Å²) in [4.78, 5) is 14.4. The first-order chi connectivity index (χ1) is 8.74.